The lowest BCUT2D eigenvalue weighted by Gasteiger charge is -2.36. The molecule has 0 saturated carbocycles. The first-order valence-electron chi connectivity index (χ1n) is 18.0. The third kappa shape index (κ3) is 11.6. The number of benzene rings is 1. The zero-order valence-corrected chi connectivity index (χ0v) is 32.4. The van der Waals surface area contributed by atoms with E-state index < -0.39 is 11.1 Å². The molecule has 3 aromatic heterocycles. The fourth-order valence-electron chi connectivity index (χ4n) is 6.24. The van der Waals surface area contributed by atoms with E-state index in [0.717, 1.165) is 53.5 Å². The van der Waals surface area contributed by atoms with Crippen molar-refractivity contribution in [2.45, 2.75) is 71.9 Å². The molecule has 15 heteroatoms. The number of anilines is 2. The lowest BCUT2D eigenvalue weighted by atomic mass is 10.00. The van der Waals surface area contributed by atoms with Crippen LogP contribution >= 0.6 is 11.3 Å². The van der Waals surface area contributed by atoms with Gasteiger partial charge in [-0.3, -0.25) is 24.3 Å². The largest absolute Gasteiger partial charge is 0.384 e. The first-order chi connectivity index (χ1) is 25.2. The van der Waals surface area contributed by atoms with E-state index in [9.17, 15) is 14.4 Å². The van der Waals surface area contributed by atoms with Crippen LogP contribution in [-0.4, -0.2) is 106 Å². The summed E-state index contributed by atoms with van der Waals surface area (Å²) in [4.78, 5) is 60.6. The Morgan fingerprint density at radius 2 is 1.62 bits per heavy atom. The Balaban J connectivity index is 1.02. The number of thiazole rings is 1. The zero-order valence-electron chi connectivity index (χ0n) is 31.6. The summed E-state index contributed by atoms with van der Waals surface area (Å²) in [5.74, 6) is 1.48. The molecule has 0 unspecified atom stereocenters. The minimum absolute atomic E-state index is 0.0191. The molecule has 1 fully saturated rings. The van der Waals surface area contributed by atoms with Crippen molar-refractivity contribution in [3.05, 3.63) is 69.6 Å². The van der Waals surface area contributed by atoms with Gasteiger partial charge < -0.3 is 31.3 Å². The van der Waals surface area contributed by atoms with Crippen LogP contribution < -0.4 is 26.6 Å². The molecule has 53 heavy (non-hydrogen) atoms. The van der Waals surface area contributed by atoms with E-state index in [2.05, 4.69) is 45.7 Å². The van der Waals surface area contributed by atoms with Crippen molar-refractivity contribution in [1.82, 2.24) is 40.8 Å². The SMILES string of the molecule is Cc1nc(N)cc(N2CCN(CC(=O)NC(C)(C)CCOC(C)(C)CCNC(=O)c3cc(C)c4ncc(C(=O)NCCc5nccs5)cc4c3)CC2)n1. The van der Waals surface area contributed by atoms with E-state index in [-0.39, 0.29) is 17.7 Å². The molecule has 0 radical (unpaired) electrons. The number of amides is 3. The third-order valence-corrected chi connectivity index (χ3v) is 10.1. The molecule has 5 rings (SSSR count). The number of aromatic nitrogens is 4. The molecule has 0 bridgehead atoms. The Kier molecular flexibility index (Phi) is 13.0. The van der Waals surface area contributed by atoms with Gasteiger partial charge in [0.05, 0.1) is 28.2 Å². The zero-order chi connectivity index (χ0) is 38.2. The number of rotatable bonds is 16. The molecule has 0 atom stereocenters. The molecule has 1 saturated heterocycles. The number of carbonyl (C=O) groups excluding carboxylic acids is 3. The van der Waals surface area contributed by atoms with E-state index in [0.29, 0.717) is 68.3 Å². The summed E-state index contributed by atoms with van der Waals surface area (Å²) in [6, 6.07) is 7.14. The molecule has 284 valence electrons. The van der Waals surface area contributed by atoms with Crippen molar-refractivity contribution < 1.29 is 19.1 Å². The standard InChI is InChI=1S/C38H52N10O4S/c1-25-19-28(20-27-21-29(23-43-34(25)27)36(51)41-10-7-33-40-12-18-53-33)35(50)42-11-8-38(5,6)52-17-9-37(3,4)46-32(49)24-47-13-15-48(16-14-47)31-22-30(39)44-26(2)45-31/h12,18-23H,7-11,13-17,24H2,1-6H3,(H,41,51)(H,42,50)(H,46,49)(H2,39,44,45). The van der Waals surface area contributed by atoms with Crippen molar-refractivity contribution in [2.75, 3.05) is 63.1 Å². The number of carbonyl (C=O) groups is 3. The van der Waals surface area contributed by atoms with Gasteiger partial charge in [0.25, 0.3) is 11.8 Å². The maximum atomic E-state index is 13.2. The van der Waals surface area contributed by atoms with Gasteiger partial charge in [-0.15, -0.1) is 11.3 Å². The highest BCUT2D eigenvalue weighted by molar-refractivity contribution is 7.09. The number of pyridine rings is 1. The highest BCUT2D eigenvalue weighted by Crippen LogP contribution is 2.22. The summed E-state index contributed by atoms with van der Waals surface area (Å²) in [7, 11) is 0. The number of hydrogen-bond acceptors (Lipinski definition) is 12. The van der Waals surface area contributed by atoms with E-state index >= 15 is 0 Å². The highest BCUT2D eigenvalue weighted by Gasteiger charge is 2.26. The maximum absolute atomic E-state index is 13.2. The van der Waals surface area contributed by atoms with Gasteiger partial charge in [0.15, 0.2) is 0 Å². The molecule has 3 amide bonds. The van der Waals surface area contributed by atoms with E-state index in [1.807, 2.05) is 53.0 Å². The summed E-state index contributed by atoms with van der Waals surface area (Å²) < 4.78 is 6.23. The average Bonchev–Trinajstić information content (AvgIpc) is 3.61. The van der Waals surface area contributed by atoms with E-state index in [1.165, 1.54) is 0 Å². The number of nitrogen functional groups attached to an aromatic ring is 1. The van der Waals surface area contributed by atoms with Crippen LogP contribution in [0.5, 0.6) is 0 Å². The molecule has 0 aliphatic carbocycles. The number of aryl methyl sites for hydroxylation is 2. The number of ether oxygens (including phenoxy) is 1. The molecule has 0 spiro atoms. The van der Waals surface area contributed by atoms with Gasteiger partial charge in [-0.05, 0) is 78.1 Å². The second-order valence-corrected chi connectivity index (χ2v) is 15.8. The lowest BCUT2D eigenvalue weighted by molar-refractivity contribution is -0.124. The van der Waals surface area contributed by atoms with Crippen LogP contribution in [0, 0.1) is 13.8 Å². The van der Waals surface area contributed by atoms with Crippen LogP contribution in [0.3, 0.4) is 0 Å². The van der Waals surface area contributed by atoms with Crippen LogP contribution in [0.4, 0.5) is 11.6 Å². The Hall–Kier alpha value is -4.73. The lowest BCUT2D eigenvalue weighted by Crippen LogP contribution is -2.53. The van der Waals surface area contributed by atoms with Gasteiger partial charge >= 0.3 is 0 Å². The predicted molar refractivity (Wildman–Crippen MR) is 208 cm³/mol. The van der Waals surface area contributed by atoms with Gasteiger partial charge in [-0.2, -0.15) is 0 Å². The molecule has 4 aromatic rings. The number of nitrogens with two attached hydrogens (primary N) is 1. The molecule has 1 aromatic carbocycles. The number of fused-ring (bicyclic) bond motifs is 1. The van der Waals surface area contributed by atoms with Gasteiger partial charge in [-0.25, -0.2) is 15.0 Å². The molecular formula is C38H52N10O4S. The quantitative estimate of drug-likeness (QED) is 0.132. The van der Waals surface area contributed by atoms with E-state index in [1.54, 1.807) is 41.9 Å². The van der Waals surface area contributed by atoms with Crippen LogP contribution in [0.2, 0.25) is 0 Å². The fourth-order valence-corrected chi connectivity index (χ4v) is 6.86. The van der Waals surface area contributed by atoms with Crippen LogP contribution in [0.25, 0.3) is 10.9 Å². The maximum Gasteiger partial charge on any atom is 0.252 e. The predicted octanol–water partition coefficient (Wildman–Crippen LogP) is 3.68. The van der Waals surface area contributed by atoms with Crippen molar-refractivity contribution in [3.8, 4) is 0 Å². The van der Waals surface area contributed by atoms with Crippen LogP contribution in [0.1, 0.15) is 77.6 Å². The summed E-state index contributed by atoms with van der Waals surface area (Å²) in [5.41, 5.74) is 7.48. The molecule has 14 nitrogen and oxygen atoms in total. The molecule has 1 aliphatic rings. The van der Waals surface area contributed by atoms with Gasteiger partial charge in [0.2, 0.25) is 5.91 Å². The van der Waals surface area contributed by atoms with Crippen molar-refractivity contribution >= 4 is 51.6 Å². The number of hydrogen-bond donors (Lipinski definition) is 4. The molecule has 1 aliphatic heterocycles. The van der Waals surface area contributed by atoms with E-state index in [4.69, 9.17) is 10.5 Å². The average molecular weight is 745 g/mol. The van der Waals surface area contributed by atoms with Gasteiger partial charge in [0, 0.05) is 92.6 Å². The number of piperazine rings is 1. The summed E-state index contributed by atoms with van der Waals surface area (Å²) in [6.07, 6.45) is 5.20. The summed E-state index contributed by atoms with van der Waals surface area (Å²) in [6.45, 7) is 16.4. The number of nitrogens with one attached hydrogen (secondary N) is 3. The Bertz CT molecular complexity index is 1870. The monoisotopic (exact) mass is 744 g/mol. The van der Waals surface area contributed by atoms with Crippen molar-refractivity contribution in [2.24, 2.45) is 0 Å². The molecular weight excluding hydrogens is 693 g/mol. The Labute approximate surface area is 315 Å². The third-order valence-electron chi connectivity index (χ3n) is 9.22. The molecule has 4 heterocycles. The second-order valence-electron chi connectivity index (χ2n) is 14.8. The summed E-state index contributed by atoms with van der Waals surface area (Å²) >= 11 is 1.56. The Morgan fingerprint density at radius 3 is 2.34 bits per heavy atom. The van der Waals surface area contributed by atoms with Gasteiger partial charge in [0.1, 0.15) is 17.5 Å². The normalized spacial score (nSPS) is 14.0. The fraction of sp³-hybridized carbons (Fsp3) is 0.500. The number of nitrogens with zero attached hydrogens (tertiary/aromatic N) is 6. The Morgan fingerprint density at radius 1 is 0.906 bits per heavy atom. The topological polar surface area (TPSA) is 181 Å². The smallest absolute Gasteiger partial charge is 0.252 e. The first-order valence-corrected chi connectivity index (χ1v) is 18.9. The minimum atomic E-state index is -0.495. The van der Waals surface area contributed by atoms with Gasteiger partial charge in [-0.1, -0.05) is 0 Å². The summed E-state index contributed by atoms with van der Waals surface area (Å²) in [5, 5.41) is 12.7. The van der Waals surface area contributed by atoms with Crippen molar-refractivity contribution in [3.63, 3.8) is 0 Å². The van der Waals surface area contributed by atoms with Crippen LogP contribution in [-0.2, 0) is 16.0 Å². The highest BCUT2D eigenvalue weighted by atomic mass is 32.1. The van der Waals surface area contributed by atoms with Crippen molar-refractivity contribution in [1.29, 1.82) is 0 Å². The molecule has 5 N–H and O–H groups in total. The second kappa shape index (κ2) is 17.4. The minimum Gasteiger partial charge on any atom is -0.384 e. The first kappa shape index (κ1) is 39.5. The van der Waals surface area contributed by atoms with Crippen LogP contribution in [0.15, 0.2) is 42.0 Å².